The number of rotatable bonds is 5. The van der Waals surface area contributed by atoms with E-state index in [0.717, 1.165) is 36.8 Å². The van der Waals surface area contributed by atoms with E-state index in [9.17, 15) is 9.59 Å². The summed E-state index contributed by atoms with van der Waals surface area (Å²) in [6, 6.07) is 5.64. The van der Waals surface area contributed by atoms with Crippen LogP contribution in [-0.4, -0.2) is 41.4 Å². The molecule has 0 aliphatic carbocycles. The number of carbonyl (C=O) groups is 2. The summed E-state index contributed by atoms with van der Waals surface area (Å²) in [6.45, 7) is 2.62. The average molecular weight is 359 g/mol. The smallest absolute Gasteiger partial charge is 0.309 e. The topological polar surface area (TPSA) is 87.2 Å². The molecule has 132 valence electrons. The zero-order valence-electron chi connectivity index (χ0n) is 13.9. The van der Waals surface area contributed by atoms with Crippen LogP contribution in [-0.2, 0) is 16.1 Å². The van der Waals surface area contributed by atoms with Crippen molar-refractivity contribution in [3.05, 3.63) is 40.8 Å². The summed E-state index contributed by atoms with van der Waals surface area (Å²) in [4.78, 5) is 35.4. The van der Waals surface area contributed by atoms with E-state index < -0.39 is 11.8 Å². The van der Waals surface area contributed by atoms with E-state index in [1.807, 2.05) is 17.5 Å². The number of anilines is 1. The van der Waals surface area contributed by atoms with Crippen LogP contribution in [0.1, 0.15) is 17.7 Å². The Balaban J connectivity index is 1.36. The van der Waals surface area contributed by atoms with Crippen molar-refractivity contribution in [2.75, 3.05) is 24.5 Å². The summed E-state index contributed by atoms with van der Waals surface area (Å²) < 4.78 is 0. The fourth-order valence-electron chi connectivity index (χ4n) is 2.77. The number of thiophene rings is 1. The minimum absolute atomic E-state index is 0.369. The fourth-order valence-corrected chi connectivity index (χ4v) is 3.41. The van der Waals surface area contributed by atoms with Crippen LogP contribution in [0, 0.1) is 5.92 Å². The molecule has 0 spiro atoms. The maximum atomic E-state index is 11.9. The van der Waals surface area contributed by atoms with Crippen LogP contribution >= 0.6 is 11.3 Å². The van der Waals surface area contributed by atoms with Gasteiger partial charge in [-0.2, -0.15) is 0 Å². The summed E-state index contributed by atoms with van der Waals surface area (Å²) in [5, 5.41) is 7.31. The number of aromatic nitrogens is 2. The largest absolute Gasteiger partial charge is 0.348 e. The minimum atomic E-state index is -0.580. The molecule has 1 aliphatic rings. The van der Waals surface area contributed by atoms with E-state index in [-0.39, 0.29) is 0 Å². The van der Waals surface area contributed by atoms with Crippen molar-refractivity contribution >= 4 is 29.1 Å². The number of hydrogen-bond acceptors (Lipinski definition) is 6. The van der Waals surface area contributed by atoms with Gasteiger partial charge in [-0.15, -0.1) is 11.3 Å². The van der Waals surface area contributed by atoms with Crippen LogP contribution < -0.4 is 15.5 Å². The first-order chi connectivity index (χ1) is 12.2. The highest BCUT2D eigenvalue weighted by Crippen LogP contribution is 2.19. The third-order valence-corrected chi connectivity index (χ3v) is 5.09. The zero-order valence-corrected chi connectivity index (χ0v) is 14.7. The summed E-state index contributed by atoms with van der Waals surface area (Å²) in [5.41, 5.74) is 0. The molecule has 0 radical (unpaired) electrons. The number of carbonyl (C=O) groups excluding carboxylic acids is 2. The molecule has 2 aromatic rings. The van der Waals surface area contributed by atoms with Crippen LogP contribution in [0.5, 0.6) is 0 Å². The van der Waals surface area contributed by atoms with Crippen LogP contribution in [0.2, 0.25) is 0 Å². The molecule has 3 rings (SSSR count). The van der Waals surface area contributed by atoms with Gasteiger partial charge in [-0.05, 0) is 36.3 Å². The molecule has 7 nitrogen and oxygen atoms in total. The summed E-state index contributed by atoms with van der Waals surface area (Å²) in [7, 11) is 0. The molecule has 0 unspecified atom stereocenters. The lowest BCUT2D eigenvalue weighted by Gasteiger charge is -2.31. The molecule has 2 aromatic heterocycles. The number of amides is 2. The van der Waals surface area contributed by atoms with Gasteiger partial charge in [-0.25, -0.2) is 9.97 Å². The number of nitrogens with one attached hydrogen (secondary N) is 2. The van der Waals surface area contributed by atoms with E-state index in [2.05, 4.69) is 25.5 Å². The van der Waals surface area contributed by atoms with E-state index in [4.69, 9.17) is 0 Å². The normalized spacial score (nSPS) is 15.0. The standard InChI is InChI=1S/C17H21N5O2S/c23-15(16(24)21-12-14-3-1-10-25-14)20-11-13-4-8-22(9-5-13)17-18-6-2-7-19-17/h1-3,6-7,10,13H,4-5,8-9,11-12H2,(H,20,23)(H,21,24). The van der Waals surface area contributed by atoms with Crippen LogP contribution in [0.15, 0.2) is 36.0 Å². The predicted octanol–water partition coefficient (Wildman–Crippen LogP) is 1.19. The Kier molecular flexibility index (Phi) is 5.95. The third kappa shape index (κ3) is 4.99. The summed E-state index contributed by atoms with van der Waals surface area (Å²) in [5.74, 6) is -0.0270. The van der Waals surface area contributed by atoms with Crippen LogP contribution in [0.4, 0.5) is 5.95 Å². The highest BCUT2D eigenvalue weighted by Gasteiger charge is 2.22. The van der Waals surface area contributed by atoms with Crippen LogP contribution in [0.3, 0.4) is 0 Å². The number of nitrogens with zero attached hydrogens (tertiary/aromatic N) is 3. The first-order valence-electron chi connectivity index (χ1n) is 8.33. The first-order valence-corrected chi connectivity index (χ1v) is 9.20. The van der Waals surface area contributed by atoms with Crippen molar-refractivity contribution in [3.8, 4) is 0 Å². The third-order valence-electron chi connectivity index (χ3n) is 4.21. The van der Waals surface area contributed by atoms with Gasteiger partial charge in [0.15, 0.2) is 0 Å². The fraction of sp³-hybridized carbons (Fsp3) is 0.412. The molecular weight excluding hydrogens is 338 g/mol. The lowest BCUT2D eigenvalue weighted by Crippen LogP contribution is -2.43. The Labute approximate surface area is 150 Å². The average Bonchev–Trinajstić information content (AvgIpc) is 3.19. The Bertz CT molecular complexity index is 684. The SMILES string of the molecule is O=C(NCc1cccs1)C(=O)NCC1CCN(c2ncccn2)CC1. The molecule has 0 atom stereocenters. The van der Waals surface area contributed by atoms with Crippen molar-refractivity contribution in [1.29, 1.82) is 0 Å². The van der Waals surface area contributed by atoms with E-state index >= 15 is 0 Å². The van der Waals surface area contributed by atoms with Gasteiger partial charge < -0.3 is 15.5 Å². The maximum Gasteiger partial charge on any atom is 0.309 e. The Morgan fingerprint density at radius 2 is 1.84 bits per heavy atom. The van der Waals surface area contributed by atoms with Crippen LogP contribution in [0.25, 0.3) is 0 Å². The highest BCUT2D eigenvalue weighted by molar-refractivity contribution is 7.09. The molecule has 0 aromatic carbocycles. The van der Waals surface area contributed by atoms with Gasteiger partial charge in [-0.1, -0.05) is 6.07 Å². The van der Waals surface area contributed by atoms with E-state index in [1.54, 1.807) is 29.8 Å². The second kappa shape index (κ2) is 8.57. The molecule has 1 aliphatic heterocycles. The quantitative estimate of drug-likeness (QED) is 0.783. The summed E-state index contributed by atoms with van der Waals surface area (Å²) >= 11 is 1.55. The van der Waals surface area contributed by atoms with Crippen molar-refractivity contribution in [2.24, 2.45) is 5.92 Å². The van der Waals surface area contributed by atoms with Gasteiger partial charge in [0.1, 0.15) is 0 Å². The Morgan fingerprint density at radius 1 is 1.12 bits per heavy atom. The number of hydrogen-bond donors (Lipinski definition) is 2. The second-order valence-corrected chi connectivity index (χ2v) is 6.98. The summed E-state index contributed by atoms with van der Waals surface area (Å²) in [6.07, 6.45) is 5.36. The Hall–Kier alpha value is -2.48. The van der Waals surface area contributed by atoms with Gasteiger partial charge in [0.05, 0.1) is 6.54 Å². The maximum absolute atomic E-state index is 11.9. The first kappa shape index (κ1) is 17.3. The van der Waals surface area contributed by atoms with Crippen molar-refractivity contribution < 1.29 is 9.59 Å². The van der Waals surface area contributed by atoms with Crippen molar-refractivity contribution in [1.82, 2.24) is 20.6 Å². The molecule has 2 amide bonds. The molecular formula is C17H21N5O2S. The lowest BCUT2D eigenvalue weighted by atomic mass is 9.97. The Morgan fingerprint density at radius 3 is 2.52 bits per heavy atom. The van der Waals surface area contributed by atoms with Gasteiger partial charge in [0.25, 0.3) is 0 Å². The monoisotopic (exact) mass is 359 g/mol. The lowest BCUT2D eigenvalue weighted by molar-refractivity contribution is -0.139. The number of piperidine rings is 1. The van der Waals surface area contributed by atoms with Gasteiger partial charge >= 0.3 is 11.8 Å². The zero-order chi connectivity index (χ0) is 17.5. The molecule has 25 heavy (non-hydrogen) atoms. The molecule has 8 heteroatoms. The van der Waals surface area contributed by atoms with Gasteiger partial charge in [0.2, 0.25) is 5.95 Å². The second-order valence-electron chi connectivity index (χ2n) is 5.95. The molecule has 3 heterocycles. The molecule has 1 saturated heterocycles. The molecule has 1 fully saturated rings. The van der Waals surface area contributed by atoms with Gasteiger partial charge in [-0.3, -0.25) is 9.59 Å². The minimum Gasteiger partial charge on any atom is -0.348 e. The van der Waals surface area contributed by atoms with E-state index in [1.165, 1.54) is 0 Å². The molecule has 2 N–H and O–H groups in total. The van der Waals surface area contributed by atoms with E-state index in [0.29, 0.717) is 19.0 Å². The van der Waals surface area contributed by atoms with Crippen molar-refractivity contribution in [2.45, 2.75) is 19.4 Å². The van der Waals surface area contributed by atoms with Crippen molar-refractivity contribution in [3.63, 3.8) is 0 Å². The van der Waals surface area contributed by atoms with Gasteiger partial charge in [0, 0.05) is 36.9 Å². The predicted molar refractivity (Wildman–Crippen MR) is 96.1 cm³/mol. The molecule has 0 saturated carbocycles. The highest BCUT2D eigenvalue weighted by atomic mass is 32.1. The molecule has 0 bridgehead atoms.